The molecule has 0 aromatic heterocycles. The normalized spacial score (nSPS) is 28.1. The van der Waals surface area contributed by atoms with Crippen molar-refractivity contribution in [3.8, 4) is 0 Å². The van der Waals surface area contributed by atoms with Crippen molar-refractivity contribution in [3.05, 3.63) is 37.7 Å². The van der Waals surface area contributed by atoms with Crippen LogP contribution in [0.25, 0.3) is 16.8 Å². The smallest absolute Gasteiger partial charge is 0.693 e. The van der Waals surface area contributed by atoms with Gasteiger partial charge in [0.2, 0.25) is 0 Å². The molecule has 2 aliphatic rings. The largest absolute Gasteiger partial charge is 2.00 e. The van der Waals surface area contributed by atoms with Crippen molar-refractivity contribution in [2.24, 2.45) is 11.5 Å². The zero-order chi connectivity index (χ0) is 20.3. The standard InChI is InChI=1S/C6H8Cl3N2O2.C6H4Cl3N2O2.3Mn.H2N.2H2O/c2*7-1-3(10)2(8)5(9)11-4(1)6(12)13;;;;;;/h1-5H,10H2,(H,12,13);4H,10H2,(H,12,13);;;;3*1H2/q2*-1;;;+2;-1;;. The fourth-order valence-corrected chi connectivity index (χ4v) is 3.39. The van der Waals surface area contributed by atoms with Crippen LogP contribution >= 0.6 is 69.6 Å². The Labute approximate surface area is 245 Å². The van der Waals surface area contributed by atoms with E-state index >= 15 is 0 Å². The van der Waals surface area contributed by atoms with Gasteiger partial charge in [0, 0.05) is 62.0 Å². The summed E-state index contributed by atoms with van der Waals surface area (Å²) in [5.74, 6) is -2.36. The van der Waals surface area contributed by atoms with Gasteiger partial charge in [0.1, 0.15) is 0 Å². The predicted molar refractivity (Wildman–Crippen MR) is 115 cm³/mol. The Morgan fingerprint density at radius 1 is 0.938 bits per heavy atom. The molecule has 12 N–H and O–H groups in total. The van der Waals surface area contributed by atoms with E-state index in [1.807, 2.05) is 0 Å². The summed E-state index contributed by atoms with van der Waals surface area (Å²) in [6.07, 6.45) is 0. The quantitative estimate of drug-likeness (QED) is 0.189. The van der Waals surface area contributed by atoms with Gasteiger partial charge in [-0.15, -0.1) is 46.4 Å². The fraction of sp³-hybridized carbons (Fsp3) is 0.500. The van der Waals surface area contributed by atoms with Crippen molar-refractivity contribution in [1.82, 2.24) is 0 Å². The Balaban J connectivity index is -0.0000000889. The topological polar surface area (TPSA) is 251 Å². The molecular weight excluding hydrogens is 688 g/mol. The summed E-state index contributed by atoms with van der Waals surface area (Å²) < 4.78 is 0. The molecule has 32 heavy (non-hydrogen) atoms. The molecule has 1 fully saturated rings. The third kappa shape index (κ3) is 11.7. The average molecular weight is 706 g/mol. The molecule has 0 aliphatic carbocycles. The van der Waals surface area contributed by atoms with Gasteiger partial charge in [-0.3, -0.25) is 9.59 Å². The molecule has 2 aliphatic heterocycles. The first-order chi connectivity index (χ1) is 11.9. The number of hydrogen-bond donors (Lipinski definition) is 4. The van der Waals surface area contributed by atoms with Crippen molar-refractivity contribution in [2.75, 3.05) is 0 Å². The van der Waals surface area contributed by atoms with Crippen LogP contribution in [0.4, 0.5) is 0 Å². The van der Waals surface area contributed by atoms with Gasteiger partial charge in [-0.2, -0.15) is 0 Å². The van der Waals surface area contributed by atoms with E-state index in [0.717, 1.165) is 0 Å². The maximum absolute atomic E-state index is 10.6. The number of hydrogen-bond acceptors (Lipinski definition) is 4. The van der Waals surface area contributed by atoms with Crippen molar-refractivity contribution >= 4 is 81.5 Å². The molecule has 191 valence electrons. The number of nitrogens with zero attached hydrogens (tertiary/aromatic N) is 2. The third-order valence-electron chi connectivity index (χ3n) is 3.25. The molecule has 6 unspecified atom stereocenters. The minimum Gasteiger partial charge on any atom is -0.693 e. The first kappa shape index (κ1) is 46.5. The molecule has 6 atom stereocenters. The molecule has 0 aromatic carbocycles. The number of nitrogens with two attached hydrogens (primary N) is 3. The van der Waals surface area contributed by atoms with Crippen LogP contribution in [0, 0.1) is 0 Å². The van der Waals surface area contributed by atoms with Gasteiger partial charge in [-0.25, -0.2) is 0 Å². The third-order valence-corrected chi connectivity index (χ3v) is 6.00. The number of allylic oxidation sites excluding steroid dienone is 1. The number of piperidine rings is 1. The molecule has 0 aromatic rings. The van der Waals surface area contributed by atoms with E-state index in [1.165, 1.54) is 0 Å². The van der Waals surface area contributed by atoms with Crippen LogP contribution in [-0.2, 0) is 60.8 Å². The Bertz CT molecular complexity index is 667. The minimum absolute atomic E-state index is 0. The molecule has 1 saturated heterocycles. The number of carboxylic acids is 2. The van der Waals surface area contributed by atoms with E-state index in [9.17, 15) is 9.59 Å². The van der Waals surface area contributed by atoms with E-state index in [-0.39, 0.29) is 89.2 Å². The van der Waals surface area contributed by atoms with Crippen LogP contribution in [0.3, 0.4) is 0 Å². The van der Waals surface area contributed by atoms with Crippen LogP contribution in [0.15, 0.2) is 20.9 Å². The molecule has 0 amide bonds. The summed E-state index contributed by atoms with van der Waals surface area (Å²) in [5.41, 5.74) is 10.1. The van der Waals surface area contributed by atoms with Crippen LogP contribution in [0.5, 0.6) is 0 Å². The first-order valence-corrected chi connectivity index (χ1v) is 9.09. The molecule has 2 heterocycles. The van der Waals surface area contributed by atoms with Gasteiger partial charge < -0.3 is 49.4 Å². The van der Waals surface area contributed by atoms with Gasteiger partial charge >= 0.3 is 17.1 Å². The predicted octanol–water partition coefficient (Wildman–Crippen LogP) is 1.88. The van der Waals surface area contributed by atoms with E-state index in [0.29, 0.717) is 0 Å². The monoisotopic (exact) mass is 703 g/mol. The van der Waals surface area contributed by atoms with Crippen molar-refractivity contribution in [2.45, 2.75) is 34.4 Å². The van der Waals surface area contributed by atoms with Crippen LogP contribution in [0.2, 0.25) is 0 Å². The summed E-state index contributed by atoms with van der Waals surface area (Å²) in [6, 6.07) is -2.99. The summed E-state index contributed by atoms with van der Waals surface area (Å²) in [6.45, 7) is 0. The zero-order valence-electron chi connectivity index (χ0n) is 15.2. The SMILES string of the molecule is NC1=C(Cl)C(C(=O)O)[N-]C(Cl)=C1Cl.NC1C(Cl)C(Cl)[N-]C(C(=O)O)C1Cl.O.O.[Mn+2].[Mn].[Mn].[NH2-]. The fourth-order valence-electron chi connectivity index (χ4n) is 1.84. The number of carboxylic acid groups (broad SMARTS) is 2. The number of alkyl halides is 3. The number of aliphatic carboxylic acids is 2. The molecular formula is C12H18Cl6Mn3N5O6-. The second-order valence-electron chi connectivity index (χ2n) is 5.01. The van der Waals surface area contributed by atoms with Crippen molar-refractivity contribution in [3.63, 3.8) is 0 Å². The van der Waals surface area contributed by atoms with Gasteiger partial charge in [-0.1, -0.05) is 23.2 Å². The molecule has 3 radical (unpaired) electrons. The summed E-state index contributed by atoms with van der Waals surface area (Å²) in [7, 11) is 0. The maximum atomic E-state index is 10.6. The Morgan fingerprint density at radius 2 is 1.38 bits per heavy atom. The van der Waals surface area contributed by atoms with E-state index in [1.54, 1.807) is 0 Å². The molecule has 11 nitrogen and oxygen atoms in total. The molecule has 20 heteroatoms. The summed E-state index contributed by atoms with van der Waals surface area (Å²) in [4.78, 5) is 21.2. The average Bonchev–Trinajstić information content (AvgIpc) is 2.57. The molecule has 0 spiro atoms. The summed E-state index contributed by atoms with van der Waals surface area (Å²) in [5, 5.41) is 22.9. The summed E-state index contributed by atoms with van der Waals surface area (Å²) >= 11 is 33.8. The van der Waals surface area contributed by atoms with Gasteiger partial charge in [-0.05, 0) is 16.7 Å². The van der Waals surface area contributed by atoms with Crippen molar-refractivity contribution < 1.29 is 82.0 Å². The van der Waals surface area contributed by atoms with Crippen LogP contribution < -0.4 is 11.5 Å². The number of carbonyl (C=O) groups is 2. The second-order valence-corrected chi connectivity index (χ2v) is 7.61. The molecule has 2 rings (SSSR count). The Morgan fingerprint density at radius 3 is 1.75 bits per heavy atom. The Hall–Kier alpha value is 1.12. The number of rotatable bonds is 2. The molecule has 0 bridgehead atoms. The van der Waals surface area contributed by atoms with E-state index in [4.69, 9.17) is 91.3 Å². The second kappa shape index (κ2) is 20.3. The molecule has 0 saturated carbocycles. The van der Waals surface area contributed by atoms with Gasteiger partial charge in [0.15, 0.2) is 0 Å². The first-order valence-electron chi connectivity index (χ1n) is 6.65. The Kier molecular flexibility index (Phi) is 29.5. The van der Waals surface area contributed by atoms with Gasteiger partial charge in [0.05, 0.1) is 10.7 Å². The minimum atomic E-state index is -1.25. The van der Waals surface area contributed by atoms with Crippen LogP contribution in [0.1, 0.15) is 0 Å². The van der Waals surface area contributed by atoms with E-state index < -0.39 is 46.3 Å². The van der Waals surface area contributed by atoms with Gasteiger partial charge in [0.25, 0.3) is 11.9 Å². The number of halogens is 6. The van der Waals surface area contributed by atoms with Crippen molar-refractivity contribution in [1.29, 1.82) is 0 Å². The zero-order valence-corrected chi connectivity index (χ0v) is 23.3. The maximum Gasteiger partial charge on any atom is 2.00 e. The van der Waals surface area contributed by atoms with Crippen LogP contribution in [-0.4, -0.2) is 67.5 Å². The van der Waals surface area contributed by atoms with E-state index in [2.05, 4.69) is 10.6 Å².